The van der Waals surface area contributed by atoms with Gasteiger partial charge in [0.25, 0.3) is 0 Å². The molecule has 1 N–H and O–H groups in total. The number of benzene rings is 1. The molecule has 0 bridgehead atoms. The summed E-state index contributed by atoms with van der Waals surface area (Å²) in [6.45, 7) is 2.15. The van der Waals surface area contributed by atoms with Gasteiger partial charge in [0.2, 0.25) is 11.9 Å². The number of carbonyl (C=O) groups is 1. The van der Waals surface area contributed by atoms with Crippen LogP contribution in [0.3, 0.4) is 0 Å². The third kappa shape index (κ3) is 4.36. The third-order valence-electron chi connectivity index (χ3n) is 4.97. The lowest BCUT2D eigenvalue weighted by Crippen LogP contribution is -2.44. The number of nitrogens with zero attached hydrogens (tertiary/aromatic N) is 5. The number of anilines is 1. The van der Waals surface area contributed by atoms with E-state index in [1.165, 1.54) is 0 Å². The Hall–Kier alpha value is -3.22. The maximum Gasteiger partial charge on any atom is 0.225 e. The zero-order valence-electron chi connectivity index (χ0n) is 15.7. The quantitative estimate of drug-likeness (QED) is 0.714. The van der Waals surface area contributed by atoms with Crippen molar-refractivity contribution in [2.75, 3.05) is 24.5 Å². The fourth-order valence-corrected chi connectivity index (χ4v) is 3.50. The van der Waals surface area contributed by atoms with E-state index in [9.17, 15) is 4.79 Å². The van der Waals surface area contributed by atoms with Gasteiger partial charge in [0, 0.05) is 44.6 Å². The van der Waals surface area contributed by atoms with Gasteiger partial charge in [0.15, 0.2) is 0 Å². The number of aromatic nitrogens is 4. The minimum Gasteiger partial charge on any atom is -0.355 e. The highest BCUT2D eigenvalue weighted by atomic mass is 16.1. The van der Waals surface area contributed by atoms with Crippen LogP contribution < -0.4 is 10.2 Å². The highest BCUT2D eigenvalue weighted by Gasteiger charge is 2.26. The highest BCUT2D eigenvalue weighted by Crippen LogP contribution is 2.20. The predicted molar refractivity (Wildman–Crippen MR) is 107 cm³/mol. The molecule has 1 unspecified atom stereocenters. The van der Waals surface area contributed by atoms with Crippen LogP contribution in [0.25, 0.3) is 5.69 Å². The fourth-order valence-electron chi connectivity index (χ4n) is 3.50. The van der Waals surface area contributed by atoms with Crippen LogP contribution in [0.4, 0.5) is 5.95 Å². The van der Waals surface area contributed by atoms with Gasteiger partial charge in [-0.2, -0.15) is 5.10 Å². The van der Waals surface area contributed by atoms with Crippen molar-refractivity contribution in [2.45, 2.75) is 19.3 Å². The fraction of sp³-hybridized carbons (Fsp3) is 0.333. The Balaban J connectivity index is 1.27. The van der Waals surface area contributed by atoms with Crippen LogP contribution in [0.2, 0.25) is 0 Å². The molecule has 1 aliphatic heterocycles. The predicted octanol–water partition coefficient (Wildman–Crippen LogP) is 2.24. The summed E-state index contributed by atoms with van der Waals surface area (Å²) >= 11 is 0. The van der Waals surface area contributed by atoms with Crippen LogP contribution in [0, 0.1) is 5.92 Å². The summed E-state index contributed by atoms with van der Waals surface area (Å²) in [7, 11) is 0. The average Bonchev–Trinajstić information content (AvgIpc) is 3.24. The summed E-state index contributed by atoms with van der Waals surface area (Å²) in [5.41, 5.74) is 2.00. The van der Waals surface area contributed by atoms with Crippen molar-refractivity contribution >= 4 is 11.9 Å². The zero-order chi connectivity index (χ0) is 19.2. The molecule has 3 heterocycles. The Morgan fingerprint density at radius 2 is 1.93 bits per heavy atom. The summed E-state index contributed by atoms with van der Waals surface area (Å²) in [5, 5.41) is 7.65. The van der Waals surface area contributed by atoms with E-state index < -0.39 is 0 Å². The van der Waals surface area contributed by atoms with Crippen LogP contribution in [0.1, 0.15) is 18.5 Å². The minimum absolute atomic E-state index is 0.0283. The molecule has 3 aromatic rings. The molecular weight excluding hydrogens is 352 g/mol. The first-order chi connectivity index (χ1) is 13.8. The van der Waals surface area contributed by atoms with Crippen molar-refractivity contribution in [2.24, 2.45) is 5.92 Å². The van der Waals surface area contributed by atoms with Gasteiger partial charge in [-0.05, 0) is 37.1 Å². The summed E-state index contributed by atoms with van der Waals surface area (Å²) < 4.78 is 1.86. The van der Waals surface area contributed by atoms with Crippen molar-refractivity contribution in [3.63, 3.8) is 0 Å². The Morgan fingerprint density at radius 1 is 1.11 bits per heavy atom. The highest BCUT2D eigenvalue weighted by molar-refractivity contribution is 5.79. The van der Waals surface area contributed by atoms with Gasteiger partial charge in [-0.15, -0.1) is 0 Å². The Morgan fingerprint density at radius 3 is 2.75 bits per heavy atom. The van der Waals surface area contributed by atoms with Crippen LogP contribution in [-0.2, 0) is 11.2 Å². The average molecular weight is 376 g/mol. The van der Waals surface area contributed by atoms with E-state index in [-0.39, 0.29) is 11.8 Å². The second-order valence-electron chi connectivity index (χ2n) is 6.96. The molecule has 28 heavy (non-hydrogen) atoms. The number of carbonyl (C=O) groups excluding carboxylic acids is 1. The van der Waals surface area contributed by atoms with Gasteiger partial charge in [0.05, 0.1) is 17.3 Å². The van der Waals surface area contributed by atoms with E-state index in [0.29, 0.717) is 25.5 Å². The lowest BCUT2D eigenvalue weighted by molar-refractivity contribution is -0.125. The van der Waals surface area contributed by atoms with Crippen LogP contribution >= 0.6 is 0 Å². The minimum atomic E-state index is -0.0283. The number of hydrogen-bond donors (Lipinski definition) is 1. The van der Waals surface area contributed by atoms with Crippen molar-refractivity contribution < 1.29 is 4.79 Å². The summed E-state index contributed by atoms with van der Waals surface area (Å²) in [4.78, 5) is 23.3. The third-order valence-corrected chi connectivity index (χ3v) is 4.97. The monoisotopic (exact) mass is 376 g/mol. The number of amides is 1. The van der Waals surface area contributed by atoms with Crippen LogP contribution in [-0.4, -0.2) is 45.3 Å². The standard InChI is InChI=1S/C21H24N6O/c28-20(17-6-4-14-26(16-17)21-23-11-5-12-24-21)22-13-9-18-10-15-27(25-18)19-7-2-1-3-8-19/h1-3,5,7-8,10-12,15,17H,4,6,9,13-14,16H2,(H,22,28). The van der Waals surface area contributed by atoms with Gasteiger partial charge < -0.3 is 10.2 Å². The molecule has 144 valence electrons. The van der Waals surface area contributed by atoms with E-state index in [4.69, 9.17) is 0 Å². The van der Waals surface area contributed by atoms with E-state index in [1.54, 1.807) is 18.5 Å². The molecule has 1 fully saturated rings. The zero-order valence-corrected chi connectivity index (χ0v) is 15.7. The molecule has 4 rings (SSSR count). The second-order valence-corrected chi connectivity index (χ2v) is 6.96. The van der Waals surface area contributed by atoms with Crippen molar-refractivity contribution in [3.05, 3.63) is 66.7 Å². The molecule has 0 radical (unpaired) electrons. The van der Waals surface area contributed by atoms with Gasteiger partial charge in [0.1, 0.15) is 0 Å². The van der Waals surface area contributed by atoms with Crippen molar-refractivity contribution in [1.82, 2.24) is 25.1 Å². The molecule has 7 nitrogen and oxygen atoms in total. The molecule has 2 aromatic heterocycles. The van der Waals surface area contributed by atoms with Crippen molar-refractivity contribution in [1.29, 1.82) is 0 Å². The maximum atomic E-state index is 12.6. The largest absolute Gasteiger partial charge is 0.355 e. The van der Waals surface area contributed by atoms with Gasteiger partial charge in [-0.25, -0.2) is 14.6 Å². The maximum absolute atomic E-state index is 12.6. The van der Waals surface area contributed by atoms with E-state index in [1.807, 2.05) is 47.3 Å². The molecule has 1 amide bonds. The SMILES string of the molecule is O=C(NCCc1ccn(-c2ccccc2)n1)C1CCCN(c2ncccn2)C1. The van der Waals surface area contributed by atoms with E-state index in [2.05, 4.69) is 25.3 Å². The first kappa shape index (κ1) is 18.2. The Kier molecular flexibility index (Phi) is 5.61. The van der Waals surface area contributed by atoms with Gasteiger partial charge in [-0.1, -0.05) is 18.2 Å². The first-order valence-electron chi connectivity index (χ1n) is 9.69. The smallest absolute Gasteiger partial charge is 0.225 e. The molecule has 1 saturated heterocycles. The molecule has 0 saturated carbocycles. The summed E-state index contributed by atoms with van der Waals surface area (Å²) in [6.07, 6.45) is 8.01. The molecule has 0 aliphatic carbocycles. The molecule has 1 aliphatic rings. The Labute approximate surface area is 164 Å². The lowest BCUT2D eigenvalue weighted by atomic mass is 9.97. The molecule has 1 aromatic carbocycles. The number of hydrogen-bond acceptors (Lipinski definition) is 5. The normalized spacial score (nSPS) is 16.7. The van der Waals surface area contributed by atoms with Crippen LogP contribution in [0.5, 0.6) is 0 Å². The van der Waals surface area contributed by atoms with Gasteiger partial charge >= 0.3 is 0 Å². The number of nitrogens with one attached hydrogen (secondary N) is 1. The summed E-state index contributed by atoms with van der Waals surface area (Å²) in [6, 6.07) is 13.8. The van der Waals surface area contributed by atoms with E-state index >= 15 is 0 Å². The number of rotatable bonds is 6. The second kappa shape index (κ2) is 8.65. The first-order valence-corrected chi connectivity index (χ1v) is 9.69. The number of para-hydroxylation sites is 1. The summed E-state index contributed by atoms with van der Waals surface area (Å²) in [5.74, 6) is 0.772. The molecular formula is C21H24N6O. The lowest BCUT2D eigenvalue weighted by Gasteiger charge is -2.31. The Bertz CT molecular complexity index is 896. The topological polar surface area (TPSA) is 75.9 Å². The number of piperidine rings is 1. The molecule has 1 atom stereocenters. The molecule has 7 heteroatoms. The van der Waals surface area contributed by atoms with Gasteiger partial charge in [-0.3, -0.25) is 4.79 Å². The van der Waals surface area contributed by atoms with E-state index in [0.717, 1.165) is 30.8 Å². The van der Waals surface area contributed by atoms with Crippen LogP contribution in [0.15, 0.2) is 61.1 Å². The van der Waals surface area contributed by atoms with Crippen molar-refractivity contribution in [3.8, 4) is 5.69 Å². The molecule has 0 spiro atoms.